The van der Waals surface area contributed by atoms with Gasteiger partial charge >= 0.3 is 0 Å². The summed E-state index contributed by atoms with van der Waals surface area (Å²) in [7, 11) is 0. The van der Waals surface area contributed by atoms with Gasteiger partial charge in [-0.3, -0.25) is 4.90 Å². The molecule has 1 saturated heterocycles. The number of rotatable bonds is 4. The van der Waals surface area contributed by atoms with Crippen molar-refractivity contribution < 1.29 is 0 Å². The molecule has 0 spiro atoms. The lowest BCUT2D eigenvalue weighted by molar-refractivity contribution is 0.0408. The third kappa shape index (κ3) is 3.70. The molecule has 1 N–H and O–H groups in total. The molecule has 0 aliphatic carbocycles. The van der Waals surface area contributed by atoms with Crippen molar-refractivity contribution >= 4 is 22.6 Å². The molecule has 2 nitrogen and oxygen atoms in total. The lowest BCUT2D eigenvalue weighted by Gasteiger charge is -2.48. The molecule has 19 heavy (non-hydrogen) atoms. The molecule has 106 valence electrons. The van der Waals surface area contributed by atoms with Crippen LogP contribution >= 0.6 is 22.6 Å². The highest BCUT2D eigenvalue weighted by molar-refractivity contribution is 14.1. The maximum atomic E-state index is 3.69. The minimum atomic E-state index is 0.286. The van der Waals surface area contributed by atoms with E-state index >= 15 is 0 Å². The van der Waals surface area contributed by atoms with Crippen LogP contribution in [0.3, 0.4) is 0 Å². The Kier molecular flexibility index (Phi) is 5.26. The molecule has 0 amide bonds. The van der Waals surface area contributed by atoms with E-state index < -0.39 is 0 Å². The molecule has 1 aliphatic heterocycles. The van der Waals surface area contributed by atoms with E-state index in [-0.39, 0.29) is 5.54 Å². The second-order valence-electron chi connectivity index (χ2n) is 5.84. The quantitative estimate of drug-likeness (QED) is 0.812. The standard InChI is InChI=1S/C16H25IN2/c1-4-15-11-19(16(3,5-2)12-18-15)10-13-6-8-14(17)9-7-13/h6-9,15,18H,4-5,10-12H2,1-3H3. The summed E-state index contributed by atoms with van der Waals surface area (Å²) in [5, 5.41) is 3.69. The Bertz CT molecular complexity index is 404. The molecule has 2 rings (SSSR count). The molecule has 0 bridgehead atoms. The van der Waals surface area contributed by atoms with Crippen LogP contribution in [0, 0.1) is 3.57 Å². The SMILES string of the molecule is CCC1CN(Cc2ccc(I)cc2)C(C)(CC)CN1. The van der Waals surface area contributed by atoms with Gasteiger partial charge in [-0.1, -0.05) is 26.0 Å². The molecular formula is C16H25IN2. The molecule has 3 heteroatoms. The Morgan fingerprint density at radius 3 is 2.58 bits per heavy atom. The van der Waals surface area contributed by atoms with Gasteiger partial charge in [0.2, 0.25) is 0 Å². The Hall–Kier alpha value is -0.130. The van der Waals surface area contributed by atoms with Crippen molar-refractivity contribution in [1.29, 1.82) is 0 Å². The molecule has 1 heterocycles. The summed E-state index contributed by atoms with van der Waals surface area (Å²) < 4.78 is 1.31. The average molecular weight is 372 g/mol. The van der Waals surface area contributed by atoms with Crippen LogP contribution in [0.2, 0.25) is 0 Å². The van der Waals surface area contributed by atoms with Crippen molar-refractivity contribution in [1.82, 2.24) is 10.2 Å². The fourth-order valence-electron chi connectivity index (χ4n) is 2.71. The normalized spacial score (nSPS) is 28.5. The van der Waals surface area contributed by atoms with Gasteiger partial charge in [-0.05, 0) is 60.1 Å². The lowest BCUT2D eigenvalue weighted by Crippen LogP contribution is -2.62. The van der Waals surface area contributed by atoms with Gasteiger partial charge in [-0.15, -0.1) is 0 Å². The number of nitrogens with zero attached hydrogens (tertiary/aromatic N) is 1. The summed E-state index contributed by atoms with van der Waals surface area (Å²) in [6.07, 6.45) is 2.41. The zero-order valence-electron chi connectivity index (χ0n) is 12.2. The summed E-state index contributed by atoms with van der Waals surface area (Å²) in [6.45, 7) is 10.3. The predicted octanol–water partition coefficient (Wildman–Crippen LogP) is 3.64. The predicted molar refractivity (Wildman–Crippen MR) is 90.3 cm³/mol. The number of hydrogen-bond acceptors (Lipinski definition) is 2. The van der Waals surface area contributed by atoms with Gasteiger partial charge < -0.3 is 5.32 Å². The van der Waals surface area contributed by atoms with Crippen LogP contribution in [0.1, 0.15) is 39.2 Å². The van der Waals surface area contributed by atoms with Gasteiger partial charge in [0, 0.05) is 34.8 Å². The van der Waals surface area contributed by atoms with Crippen LogP contribution in [0.25, 0.3) is 0 Å². The lowest BCUT2D eigenvalue weighted by atomic mass is 9.91. The van der Waals surface area contributed by atoms with Gasteiger partial charge in [0.1, 0.15) is 0 Å². The van der Waals surface area contributed by atoms with Gasteiger partial charge in [0.15, 0.2) is 0 Å². The van der Waals surface area contributed by atoms with Gasteiger partial charge in [0.25, 0.3) is 0 Å². The Morgan fingerprint density at radius 1 is 1.32 bits per heavy atom. The number of nitrogens with one attached hydrogen (secondary N) is 1. The van der Waals surface area contributed by atoms with Gasteiger partial charge in [-0.25, -0.2) is 0 Å². The molecule has 1 aliphatic rings. The van der Waals surface area contributed by atoms with E-state index in [1.807, 2.05) is 0 Å². The first-order chi connectivity index (χ1) is 9.07. The van der Waals surface area contributed by atoms with Crippen LogP contribution in [0.5, 0.6) is 0 Å². The van der Waals surface area contributed by atoms with Crippen molar-refractivity contribution in [2.24, 2.45) is 0 Å². The molecule has 1 fully saturated rings. The maximum absolute atomic E-state index is 3.69. The van der Waals surface area contributed by atoms with E-state index in [2.05, 4.69) is 77.8 Å². The fourth-order valence-corrected chi connectivity index (χ4v) is 3.07. The Labute approximate surface area is 131 Å². The first-order valence-corrected chi connectivity index (χ1v) is 8.38. The third-order valence-electron chi connectivity index (χ3n) is 4.52. The van der Waals surface area contributed by atoms with Crippen LogP contribution in [-0.4, -0.2) is 29.6 Å². The molecule has 2 unspecified atom stereocenters. The van der Waals surface area contributed by atoms with Crippen LogP contribution in [-0.2, 0) is 6.54 Å². The number of hydrogen-bond donors (Lipinski definition) is 1. The monoisotopic (exact) mass is 372 g/mol. The van der Waals surface area contributed by atoms with E-state index in [1.165, 1.54) is 22.0 Å². The van der Waals surface area contributed by atoms with E-state index in [0.29, 0.717) is 6.04 Å². The first kappa shape index (κ1) is 15.3. The zero-order valence-corrected chi connectivity index (χ0v) is 14.4. The smallest absolute Gasteiger partial charge is 0.0307 e. The van der Waals surface area contributed by atoms with Gasteiger partial charge in [0.05, 0.1) is 0 Å². The molecule has 0 aromatic heterocycles. The highest BCUT2D eigenvalue weighted by atomic mass is 127. The number of piperazine rings is 1. The van der Waals surface area contributed by atoms with E-state index in [4.69, 9.17) is 0 Å². The summed E-state index contributed by atoms with van der Waals surface area (Å²) in [4.78, 5) is 2.67. The summed E-state index contributed by atoms with van der Waals surface area (Å²) in [5.41, 5.74) is 1.71. The Balaban J connectivity index is 2.11. The first-order valence-electron chi connectivity index (χ1n) is 7.30. The van der Waals surface area contributed by atoms with Crippen molar-refractivity contribution in [2.45, 2.75) is 51.7 Å². The number of halogens is 1. The second kappa shape index (κ2) is 6.55. The van der Waals surface area contributed by atoms with Crippen molar-refractivity contribution in [3.05, 3.63) is 33.4 Å². The van der Waals surface area contributed by atoms with E-state index in [9.17, 15) is 0 Å². The van der Waals surface area contributed by atoms with E-state index in [1.54, 1.807) is 0 Å². The fraction of sp³-hybridized carbons (Fsp3) is 0.625. The highest BCUT2D eigenvalue weighted by Crippen LogP contribution is 2.25. The number of benzene rings is 1. The molecular weight excluding hydrogens is 347 g/mol. The summed E-state index contributed by atoms with van der Waals surface area (Å²) in [6, 6.07) is 9.59. The van der Waals surface area contributed by atoms with Crippen molar-refractivity contribution in [2.75, 3.05) is 13.1 Å². The van der Waals surface area contributed by atoms with Crippen molar-refractivity contribution in [3.63, 3.8) is 0 Å². The molecule has 1 aromatic carbocycles. The average Bonchev–Trinajstić information content (AvgIpc) is 2.43. The van der Waals surface area contributed by atoms with E-state index in [0.717, 1.165) is 19.6 Å². The Morgan fingerprint density at radius 2 is 2.00 bits per heavy atom. The van der Waals surface area contributed by atoms with Crippen molar-refractivity contribution in [3.8, 4) is 0 Å². The summed E-state index contributed by atoms with van der Waals surface area (Å²) >= 11 is 2.37. The molecule has 0 saturated carbocycles. The van der Waals surface area contributed by atoms with Crippen LogP contribution in [0.15, 0.2) is 24.3 Å². The van der Waals surface area contributed by atoms with Crippen LogP contribution in [0.4, 0.5) is 0 Å². The minimum Gasteiger partial charge on any atom is -0.311 e. The molecule has 0 radical (unpaired) electrons. The second-order valence-corrected chi connectivity index (χ2v) is 7.09. The third-order valence-corrected chi connectivity index (χ3v) is 5.24. The topological polar surface area (TPSA) is 15.3 Å². The van der Waals surface area contributed by atoms with Crippen LogP contribution < -0.4 is 5.32 Å². The zero-order chi connectivity index (χ0) is 13.9. The minimum absolute atomic E-state index is 0.286. The largest absolute Gasteiger partial charge is 0.311 e. The molecule has 1 aromatic rings. The maximum Gasteiger partial charge on any atom is 0.0307 e. The highest BCUT2D eigenvalue weighted by Gasteiger charge is 2.35. The van der Waals surface area contributed by atoms with Gasteiger partial charge in [-0.2, -0.15) is 0 Å². The molecule has 2 atom stereocenters. The summed E-state index contributed by atoms with van der Waals surface area (Å²) in [5.74, 6) is 0.